The van der Waals surface area contributed by atoms with E-state index in [0.717, 1.165) is 19.6 Å². The monoisotopic (exact) mass is 193 g/mol. The lowest BCUT2D eigenvalue weighted by atomic mass is 10.2. The van der Waals surface area contributed by atoms with Gasteiger partial charge >= 0.3 is 0 Å². The maximum atomic E-state index is 5.55. The highest BCUT2D eigenvalue weighted by atomic mass is 16.5. The standard InChI is InChI=1S/C12H19NO/c1-11(13-2)8-9-14-10-12-6-4-3-5-7-12/h3-7,11,13H,8-10H2,1-2H3. The Morgan fingerprint density at radius 3 is 2.64 bits per heavy atom. The fraction of sp³-hybridized carbons (Fsp3) is 0.500. The quantitative estimate of drug-likeness (QED) is 0.699. The van der Waals surface area contributed by atoms with E-state index < -0.39 is 0 Å². The smallest absolute Gasteiger partial charge is 0.0716 e. The van der Waals surface area contributed by atoms with Crippen LogP contribution in [0.25, 0.3) is 0 Å². The van der Waals surface area contributed by atoms with Crippen molar-refractivity contribution in [2.24, 2.45) is 0 Å². The van der Waals surface area contributed by atoms with Gasteiger partial charge in [-0.25, -0.2) is 0 Å². The summed E-state index contributed by atoms with van der Waals surface area (Å²) in [5.74, 6) is 0. The molecule has 0 saturated carbocycles. The van der Waals surface area contributed by atoms with Crippen molar-refractivity contribution in [3.05, 3.63) is 35.9 Å². The zero-order valence-corrected chi connectivity index (χ0v) is 8.99. The van der Waals surface area contributed by atoms with Crippen LogP contribution in [0.15, 0.2) is 30.3 Å². The summed E-state index contributed by atoms with van der Waals surface area (Å²) in [5.41, 5.74) is 1.24. The molecule has 2 heteroatoms. The van der Waals surface area contributed by atoms with Crippen LogP contribution in [-0.2, 0) is 11.3 Å². The van der Waals surface area contributed by atoms with Gasteiger partial charge in [0.1, 0.15) is 0 Å². The molecule has 0 aliphatic carbocycles. The number of benzene rings is 1. The van der Waals surface area contributed by atoms with Crippen LogP contribution in [0.2, 0.25) is 0 Å². The van der Waals surface area contributed by atoms with E-state index in [1.54, 1.807) is 0 Å². The summed E-state index contributed by atoms with van der Waals surface area (Å²) in [7, 11) is 1.97. The SMILES string of the molecule is CNC(C)CCOCc1ccccc1. The second-order valence-corrected chi connectivity index (χ2v) is 3.52. The first-order valence-corrected chi connectivity index (χ1v) is 5.12. The summed E-state index contributed by atoms with van der Waals surface area (Å²) < 4.78 is 5.55. The summed E-state index contributed by atoms with van der Waals surface area (Å²) in [5, 5.41) is 3.18. The van der Waals surface area contributed by atoms with Gasteiger partial charge in [-0.15, -0.1) is 0 Å². The predicted octanol–water partition coefficient (Wildman–Crippen LogP) is 2.20. The Bertz CT molecular complexity index is 235. The number of rotatable bonds is 6. The third-order valence-electron chi connectivity index (χ3n) is 2.30. The topological polar surface area (TPSA) is 21.3 Å². The van der Waals surface area contributed by atoms with E-state index in [-0.39, 0.29) is 0 Å². The number of hydrogen-bond acceptors (Lipinski definition) is 2. The van der Waals surface area contributed by atoms with E-state index in [2.05, 4.69) is 24.4 Å². The third kappa shape index (κ3) is 4.40. The Labute approximate surface area is 86.3 Å². The maximum Gasteiger partial charge on any atom is 0.0716 e. The molecule has 0 bridgehead atoms. The normalized spacial score (nSPS) is 12.7. The molecule has 2 nitrogen and oxygen atoms in total. The summed E-state index contributed by atoms with van der Waals surface area (Å²) in [6, 6.07) is 10.8. The molecule has 0 spiro atoms. The molecule has 1 rings (SSSR count). The molecule has 0 saturated heterocycles. The van der Waals surface area contributed by atoms with Gasteiger partial charge < -0.3 is 10.1 Å². The molecule has 1 aromatic carbocycles. The van der Waals surface area contributed by atoms with Crippen LogP contribution in [0.5, 0.6) is 0 Å². The Kier molecular flexibility index (Phi) is 5.27. The van der Waals surface area contributed by atoms with E-state index in [1.807, 2.05) is 25.2 Å². The van der Waals surface area contributed by atoms with Gasteiger partial charge in [-0.1, -0.05) is 30.3 Å². The molecule has 0 fully saturated rings. The van der Waals surface area contributed by atoms with Gasteiger partial charge in [0.15, 0.2) is 0 Å². The first-order valence-electron chi connectivity index (χ1n) is 5.12. The van der Waals surface area contributed by atoms with E-state index >= 15 is 0 Å². The fourth-order valence-electron chi connectivity index (χ4n) is 1.17. The number of hydrogen-bond donors (Lipinski definition) is 1. The van der Waals surface area contributed by atoms with Crippen molar-refractivity contribution in [1.29, 1.82) is 0 Å². The molecule has 1 unspecified atom stereocenters. The van der Waals surface area contributed by atoms with Gasteiger partial charge in [0.25, 0.3) is 0 Å². The van der Waals surface area contributed by atoms with Crippen LogP contribution in [0.3, 0.4) is 0 Å². The molecule has 0 aliphatic rings. The first kappa shape index (κ1) is 11.2. The van der Waals surface area contributed by atoms with Crippen LogP contribution >= 0.6 is 0 Å². The van der Waals surface area contributed by atoms with Crippen molar-refractivity contribution in [2.45, 2.75) is 26.0 Å². The molecule has 0 heterocycles. The van der Waals surface area contributed by atoms with Crippen molar-refractivity contribution < 1.29 is 4.74 Å². The lowest BCUT2D eigenvalue weighted by Gasteiger charge is -2.09. The molecule has 0 amide bonds. The minimum Gasteiger partial charge on any atom is -0.377 e. The van der Waals surface area contributed by atoms with Gasteiger partial charge in [0.05, 0.1) is 6.61 Å². The third-order valence-corrected chi connectivity index (χ3v) is 2.30. The maximum absolute atomic E-state index is 5.55. The number of nitrogens with one attached hydrogen (secondary N) is 1. The second kappa shape index (κ2) is 6.57. The minimum absolute atomic E-state index is 0.533. The Morgan fingerprint density at radius 1 is 1.29 bits per heavy atom. The van der Waals surface area contributed by atoms with Crippen LogP contribution in [0.4, 0.5) is 0 Å². The average Bonchev–Trinajstić information content (AvgIpc) is 2.25. The molecule has 0 aliphatic heterocycles. The van der Waals surface area contributed by atoms with Gasteiger partial charge in [0.2, 0.25) is 0 Å². The molecule has 1 aromatic rings. The van der Waals surface area contributed by atoms with Crippen molar-refractivity contribution in [3.8, 4) is 0 Å². The van der Waals surface area contributed by atoms with Gasteiger partial charge in [-0.2, -0.15) is 0 Å². The molecule has 0 radical (unpaired) electrons. The summed E-state index contributed by atoms with van der Waals surface area (Å²) in [6.07, 6.45) is 1.06. The Hall–Kier alpha value is -0.860. The second-order valence-electron chi connectivity index (χ2n) is 3.52. The highest BCUT2D eigenvalue weighted by Gasteiger charge is 1.97. The van der Waals surface area contributed by atoms with E-state index in [9.17, 15) is 0 Å². The lowest BCUT2D eigenvalue weighted by molar-refractivity contribution is 0.113. The highest BCUT2D eigenvalue weighted by Crippen LogP contribution is 2.01. The fourth-order valence-corrected chi connectivity index (χ4v) is 1.17. The van der Waals surface area contributed by atoms with E-state index in [0.29, 0.717) is 6.04 Å². The van der Waals surface area contributed by atoms with Crippen molar-refractivity contribution in [3.63, 3.8) is 0 Å². The summed E-state index contributed by atoms with van der Waals surface area (Å²) in [6.45, 7) is 3.69. The summed E-state index contributed by atoms with van der Waals surface area (Å²) >= 11 is 0. The molecular weight excluding hydrogens is 174 g/mol. The van der Waals surface area contributed by atoms with Crippen LogP contribution in [0.1, 0.15) is 18.9 Å². The largest absolute Gasteiger partial charge is 0.377 e. The molecule has 14 heavy (non-hydrogen) atoms. The lowest BCUT2D eigenvalue weighted by Crippen LogP contribution is -2.22. The van der Waals surface area contributed by atoms with Gasteiger partial charge in [-0.3, -0.25) is 0 Å². The Morgan fingerprint density at radius 2 is 2.00 bits per heavy atom. The Balaban J connectivity index is 2.10. The van der Waals surface area contributed by atoms with Gasteiger partial charge in [-0.05, 0) is 26.0 Å². The molecule has 0 aromatic heterocycles. The summed E-state index contributed by atoms with van der Waals surface area (Å²) in [4.78, 5) is 0. The molecule has 78 valence electrons. The van der Waals surface area contributed by atoms with Crippen LogP contribution in [0, 0.1) is 0 Å². The van der Waals surface area contributed by atoms with Crippen LogP contribution < -0.4 is 5.32 Å². The predicted molar refractivity (Wildman–Crippen MR) is 59.2 cm³/mol. The van der Waals surface area contributed by atoms with Crippen LogP contribution in [-0.4, -0.2) is 19.7 Å². The van der Waals surface area contributed by atoms with Crippen molar-refractivity contribution >= 4 is 0 Å². The minimum atomic E-state index is 0.533. The number of ether oxygens (including phenoxy) is 1. The average molecular weight is 193 g/mol. The van der Waals surface area contributed by atoms with Gasteiger partial charge in [0, 0.05) is 12.6 Å². The van der Waals surface area contributed by atoms with E-state index in [1.165, 1.54) is 5.56 Å². The first-order chi connectivity index (χ1) is 6.83. The molecule has 1 N–H and O–H groups in total. The van der Waals surface area contributed by atoms with E-state index in [4.69, 9.17) is 4.74 Å². The zero-order chi connectivity index (χ0) is 10.2. The van der Waals surface area contributed by atoms with Crippen molar-refractivity contribution in [1.82, 2.24) is 5.32 Å². The molecular formula is C12H19NO. The molecule has 1 atom stereocenters. The van der Waals surface area contributed by atoms with Crippen molar-refractivity contribution in [2.75, 3.05) is 13.7 Å². The zero-order valence-electron chi connectivity index (χ0n) is 8.99. The highest BCUT2D eigenvalue weighted by molar-refractivity contribution is 5.13.